The molecule has 5 nitrogen and oxygen atoms in total. The zero-order chi connectivity index (χ0) is 11.6. The van der Waals surface area contributed by atoms with E-state index in [1.807, 2.05) is 0 Å². The summed E-state index contributed by atoms with van der Waals surface area (Å²) in [5.41, 5.74) is -0.303. The number of aliphatic carboxylic acids is 1. The molecule has 0 heterocycles. The standard InChI is InChI=1S/C9H7BrO5/c1-15-7-2-4(8(12)9(13)14)6(11)3-5(7)10/h2-3,11H,1H3,(H,13,14). The van der Waals surface area contributed by atoms with Gasteiger partial charge in [-0.15, -0.1) is 0 Å². The first kappa shape index (κ1) is 11.5. The van der Waals surface area contributed by atoms with Gasteiger partial charge in [0.2, 0.25) is 0 Å². The summed E-state index contributed by atoms with van der Waals surface area (Å²) in [6.07, 6.45) is 0. The minimum atomic E-state index is -1.63. The lowest BCUT2D eigenvalue weighted by atomic mass is 10.1. The van der Waals surface area contributed by atoms with E-state index in [-0.39, 0.29) is 11.3 Å². The van der Waals surface area contributed by atoms with E-state index in [1.54, 1.807) is 0 Å². The molecule has 1 aromatic carbocycles. The van der Waals surface area contributed by atoms with Gasteiger partial charge in [0.25, 0.3) is 5.78 Å². The van der Waals surface area contributed by atoms with E-state index in [1.165, 1.54) is 13.2 Å². The number of aromatic hydroxyl groups is 1. The van der Waals surface area contributed by atoms with E-state index in [0.29, 0.717) is 4.47 Å². The highest BCUT2D eigenvalue weighted by molar-refractivity contribution is 9.10. The number of Topliss-reactive ketones (excluding diaryl/α,β-unsaturated/α-hetero) is 1. The molecule has 0 saturated heterocycles. The molecule has 0 fully saturated rings. The first-order chi connectivity index (χ1) is 6.97. The number of phenols is 1. The van der Waals surface area contributed by atoms with Crippen LogP contribution in [0.1, 0.15) is 10.4 Å². The van der Waals surface area contributed by atoms with Gasteiger partial charge in [0.15, 0.2) is 0 Å². The monoisotopic (exact) mass is 274 g/mol. The average Bonchev–Trinajstić information content (AvgIpc) is 2.17. The first-order valence-electron chi connectivity index (χ1n) is 3.81. The highest BCUT2D eigenvalue weighted by atomic mass is 79.9. The van der Waals surface area contributed by atoms with Crippen LogP contribution in [0.25, 0.3) is 0 Å². The Morgan fingerprint density at radius 3 is 2.47 bits per heavy atom. The van der Waals surface area contributed by atoms with E-state index in [2.05, 4.69) is 15.9 Å². The van der Waals surface area contributed by atoms with E-state index in [4.69, 9.17) is 9.84 Å². The third kappa shape index (κ3) is 2.27. The highest BCUT2D eigenvalue weighted by Crippen LogP contribution is 2.32. The van der Waals surface area contributed by atoms with Gasteiger partial charge in [0.1, 0.15) is 11.5 Å². The maximum atomic E-state index is 11.1. The van der Waals surface area contributed by atoms with Gasteiger partial charge in [0.05, 0.1) is 17.1 Å². The molecule has 0 atom stereocenters. The van der Waals surface area contributed by atoms with Crippen LogP contribution in [0.2, 0.25) is 0 Å². The zero-order valence-corrected chi connectivity index (χ0v) is 9.24. The molecule has 0 radical (unpaired) electrons. The topological polar surface area (TPSA) is 83.8 Å². The number of ketones is 1. The lowest BCUT2D eigenvalue weighted by Crippen LogP contribution is -2.13. The minimum absolute atomic E-state index is 0.275. The Labute approximate surface area is 93.4 Å². The Kier molecular flexibility index (Phi) is 3.31. The number of ether oxygens (including phenoxy) is 1. The predicted molar refractivity (Wildman–Crippen MR) is 54.3 cm³/mol. The number of hydrogen-bond acceptors (Lipinski definition) is 4. The van der Waals surface area contributed by atoms with Gasteiger partial charge in [-0.2, -0.15) is 0 Å². The second-order valence-corrected chi connectivity index (χ2v) is 3.49. The normalized spacial score (nSPS) is 9.73. The zero-order valence-electron chi connectivity index (χ0n) is 7.65. The second-order valence-electron chi connectivity index (χ2n) is 2.64. The maximum Gasteiger partial charge on any atom is 0.377 e. The van der Waals surface area contributed by atoms with E-state index in [0.717, 1.165) is 6.07 Å². The van der Waals surface area contributed by atoms with Crippen LogP contribution in [0.3, 0.4) is 0 Å². The molecule has 0 aromatic heterocycles. The van der Waals surface area contributed by atoms with Crippen LogP contribution in [0.15, 0.2) is 16.6 Å². The summed E-state index contributed by atoms with van der Waals surface area (Å²) in [6.45, 7) is 0. The van der Waals surface area contributed by atoms with Crippen molar-refractivity contribution in [3.05, 3.63) is 22.2 Å². The Morgan fingerprint density at radius 2 is 2.00 bits per heavy atom. The van der Waals surface area contributed by atoms with Crippen molar-refractivity contribution in [3.8, 4) is 11.5 Å². The fourth-order valence-electron chi connectivity index (χ4n) is 0.996. The van der Waals surface area contributed by atoms with E-state index in [9.17, 15) is 14.7 Å². The minimum Gasteiger partial charge on any atom is -0.507 e. The Morgan fingerprint density at radius 1 is 1.40 bits per heavy atom. The van der Waals surface area contributed by atoms with Gasteiger partial charge in [-0.05, 0) is 28.1 Å². The summed E-state index contributed by atoms with van der Waals surface area (Å²) in [5, 5.41) is 17.8. The average molecular weight is 275 g/mol. The molecule has 6 heteroatoms. The SMILES string of the molecule is COc1cc(C(=O)C(=O)O)c(O)cc1Br. The molecule has 0 aliphatic heterocycles. The van der Waals surface area contributed by atoms with Crippen molar-refractivity contribution in [1.82, 2.24) is 0 Å². The summed E-state index contributed by atoms with van der Waals surface area (Å²) in [7, 11) is 1.37. The number of methoxy groups -OCH3 is 1. The number of phenolic OH excluding ortho intramolecular Hbond substituents is 1. The van der Waals surface area contributed by atoms with Gasteiger partial charge in [-0.1, -0.05) is 0 Å². The number of carboxylic acid groups (broad SMARTS) is 1. The first-order valence-corrected chi connectivity index (χ1v) is 4.60. The molecule has 1 aromatic rings. The van der Waals surface area contributed by atoms with Crippen molar-refractivity contribution in [2.24, 2.45) is 0 Å². The lowest BCUT2D eigenvalue weighted by Gasteiger charge is -2.06. The molecule has 80 valence electrons. The van der Waals surface area contributed by atoms with Crippen molar-refractivity contribution in [2.75, 3.05) is 7.11 Å². The summed E-state index contributed by atoms with van der Waals surface area (Å²) in [4.78, 5) is 21.5. The maximum absolute atomic E-state index is 11.1. The third-order valence-electron chi connectivity index (χ3n) is 1.71. The molecule has 0 bridgehead atoms. The molecule has 1 rings (SSSR count). The van der Waals surface area contributed by atoms with Crippen LogP contribution >= 0.6 is 15.9 Å². The molecule has 0 aliphatic rings. The quantitative estimate of drug-likeness (QED) is 0.644. The molecule has 0 unspecified atom stereocenters. The van der Waals surface area contributed by atoms with Gasteiger partial charge >= 0.3 is 5.97 Å². The van der Waals surface area contributed by atoms with Gasteiger partial charge in [0, 0.05) is 0 Å². The predicted octanol–water partition coefficient (Wildman–Crippen LogP) is 1.43. The van der Waals surface area contributed by atoms with Gasteiger partial charge < -0.3 is 14.9 Å². The largest absolute Gasteiger partial charge is 0.507 e. The van der Waals surface area contributed by atoms with Crippen LogP contribution in [-0.4, -0.2) is 29.1 Å². The fourth-order valence-corrected chi connectivity index (χ4v) is 1.49. The van der Waals surface area contributed by atoms with Gasteiger partial charge in [-0.3, -0.25) is 4.79 Å². The summed E-state index contributed by atoms with van der Waals surface area (Å²) < 4.78 is 5.30. The number of halogens is 1. The summed E-state index contributed by atoms with van der Waals surface area (Å²) in [6, 6.07) is 2.37. The third-order valence-corrected chi connectivity index (χ3v) is 2.33. The highest BCUT2D eigenvalue weighted by Gasteiger charge is 2.20. The van der Waals surface area contributed by atoms with Crippen molar-refractivity contribution < 1.29 is 24.5 Å². The van der Waals surface area contributed by atoms with E-state index < -0.39 is 17.5 Å². The number of benzene rings is 1. The molecule has 0 amide bonds. The molecular formula is C9H7BrO5. The number of carbonyl (C=O) groups is 2. The van der Waals surface area contributed by atoms with Crippen molar-refractivity contribution in [3.63, 3.8) is 0 Å². The fraction of sp³-hybridized carbons (Fsp3) is 0.111. The molecule has 0 saturated carbocycles. The summed E-state index contributed by atoms with van der Waals surface area (Å²) >= 11 is 3.08. The molecule has 0 spiro atoms. The second kappa shape index (κ2) is 4.31. The Bertz CT molecular complexity index is 427. The van der Waals surface area contributed by atoms with Crippen LogP contribution < -0.4 is 4.74 Å². The van der Waals surface area contributed by atoms with Crippen LogP contribution in [-0.2, 0) is 4.79 Å². The lowest BCUT2D eigenvalue weighted by molar-refractivity contribution is -0.131. The Balaban J connectivity index is 3.30. The van der Waals surface area contributed by atoms with Crippen molar-refractivity contribution >= 4 is 27.7 Å². The number of rotatable bonds is 3. The molecular weight excluding hydrogens is 268 g/mol. The van der Waals surface area contributed by atoms with E-state index >= 15 is 0 Å². The van der Waals surface area contributed by atoms with Gasteiger partial charge in [-0.25, -0.2) is 4.79 Å². The smallest absolute Gasteiger partial charge is 0.377 e. The number of carboxylic acids is 1. The van der Waals surface area contributed by atoms with Crippen molar-refractivity contribution in [2.45, 2.75) is 0 Å². The van der Waals surface area contributed by atoms with Crippen LogP contribution in [0.5, 0.6) is 11.5 Å². The molecule has 15 heavy (non-hydrogen) atoms. The molecule has 0 aliphatic carbocycles. The summed E-state index contributed by atoms with van der Waals surface area (Å²) in [5.74, 6) is -2.94. The Hall–Kier alpha value is -1.56. The van der Waals surface area contributed by atoms with Crippen molar-refractivity contribution in [1.29, 1.82) is 0 Å². The number of carbonyl (C=O) groups excluding carboxylic acids is 1. The van der Waals surface area contributed by atoms with Crippen LogP contribution in [0.4, 0.5) is 0 Å². The molecule has 2 N–H and O–H groups in total. The van der Waals surface area contributed by atoms with Crippen LogP contribution in [0, 0.1) is 0 Å². The number of hydrogen-bond donors (Lipinski definition) is 2.